The minimum absolute atomic E-state index is 0.139. The summed E-state index contributed by atoms with van der Waals surface area (Å²) in [7, 11) is 0. The molecule has 0 bridgehead atoms. The van der Waals surface area contributed by atoms with Crippen LogP contribution in [0.2, 0.25) is 0 Å². The van der Waals surface area contributed by atoms with Crippen LogP contribution in [0.3, 0.4) is 0 Å². The smallest absolute Gasteiger partial charge is 0.238 e. The first-order valence-corrected chi connectivity index (χ1v) is 16.0. The van der Waals surface area contributed by atoms with Gasteiger partial charge >= 0.3 is 0 Å². The van der Waals surface area contributed by atoms with E-state index in [2.05, 4.69) is 0 Å². The Morgan fingerprint density at radius 3 is 2.12 bits per heavy atom. The Kier molecular flexibility index (Phi) is 4.04. The van der Waals surface area contributed by atoms with Gasteiger partial charge in [0.05, 0.1) is 26.1 Å². The molecule has 0 aliphatic carbocycles. The minimum Gasteiger partial charge on any atom is -0.456 e. The Balaban J connectivity index is 1.23. The van der Waals surface area contributed by atoms with Gasteiger partial charge in [-0.15, -0.1) is 0 Å². The van der Waals surface area contributed by atoms with E-state index >= 15 is 0 Å². The minimum atomic E-state index is -0.691. The Bertz CT molecular complexity index is 3760. The molecule has 11 rings (SSSR count). The number of hydrogen-bond acceptors (Lipinski definition) is 5. The SMILES string of the molecule is [2H]c1c([2H])c([2H])c(-c2c([2H])c([2H])c([2H])c3oc4c([2H])c(-c5nc(-c6ccccc6)nc(-n6c7ccccc7c7cc8oc9ccccc9c8cc76)n5)c([2H])c([2H])c4c23)c([2H])c1[2H]. The van der Waals surface area contributed by atoms with Crippen LogP contribution in [-0.2, 0) is 0 Å². The molecule has 4 aromatic heterocycles. The maximum atomic E-state index is 9.58. The predicted molar refractivity (Wildman–Crippen MR) is 205 cm³/mol. The molecular weight excluding hydrogens is 629 g/mol. The molecule has 6 nitrogen and oxygen atoms in total. The molecule has 0 aliphatic heterocycles. The third-order valence-electron chi connectivity index (χ3n) is 9.07. The van der Waals surface area contributed by atoms with E-state index in [-0.39, 0.29) is 50.7 Å². The first-order chi connectivity index (χ1) is 29.8. The summed E-state index contributed by atoms with van der Waals surface area (Å²) in [5, 5.41) is 3.12. The molecule has 51 heavy (non-hydrogen) atoms. The second kappa shape index (κ2) is 10.7. The van der Waals surface area contributed by atoms with Crippen LogP contribution in [0.5, 0.6) is 0 Å². The summed E-state index contributed by atoms with van der Waals surface area (Å²) >= 11 is 0. The van der Waals surface area contributed by atoms with E-state index in [0.29, 0.717) is 11.1 Å². The molecule has 11 aromatic rings. The Morgan fingerprint density at radius 1 is 0.471 bits per heavy atom. The predicted octanol–water partition coefficient (Wildman–Crippen LogP) is 11.8. The fraction of sp³-hybridized carbons (Fsp3) is 0. The number of furan rings is 2. The zero-order valence-electron chi connectivity index (χ0n) is 37.3. The van der Waals surface area contributed by atoms with Crippen molar-refractivity contribution in [2.45, 2.75) is 0 Å². The van der Waals surface area contributed by atoms with Crippen molar-refractivity contribution in [3.63, 3.8) is 0 Å². The standard InChI is InChI=1S/C45H26N4O2/c1-3-12-27(13-4-1)30-18-11-21-39-42(30)33-23-22-29(24-40(33)51-39)44-46-43(28-14-5-2-6-15-28)47-45(48-44)49-36-19-9-7-16-31(36)34-26-41-35(25-37(34)49)32-17-8-10-20-38(32)50-41/h1-26H/i1D,3D,4D,11D,12D,13D,18D,21D,22D,23D,24D. The molecule has 0 saturated carbocycles. The molecule has 0 N–H and O–H groups in total. The van der Waals surface area contributed by atoms with Crippen LogP contribution in [0, 0.1) is 0 Å². The average Bonchev–Trinajstić information content (AvgIpc) is 3.97. The van der Waals surface area contributed by atoms with Gasteiger partial charge in [0.1, 0.15) is 22.3 Å². The highest BCUT2D eigenvalue weighted by molar-refractivity contribution is 6.17. The molecule has 0 fully saturated rings. The number of para-hydroxylation sites is 2. The highest BCUT2D eigenvalue weighted by Crippen LogP contribution is 2.40. The highest BCUT2D eigenvalue weighted by atomic mass is 16.3. The number of nitrogens with zero attached hydrogens (tertiary/aromatic N) is 4. The molecule has 238 valence electrons. The van der Waals surface area contributed by atoms with E-state index < -0.39 is 72.0 Å². The summed E-state index contributed by atoms with van der Waals surface area (Å²) < 4.78 is 111. The molecule has 0 spiro atoms. The maximum absolute atomic E-state index is 9.58. The Morgan fingerprint density at radius 2 is 1.24 bits per heavy atom. The number of rotatable bonds is 4. The number of hydrogen-bond donors (Lipinski definition) is 0. The third kappa shape index (κ3) is 4.26. The lowest BCUT2D eigenvalue weighted by Gasteiger charge is -2.11. The molecule has 7 aromatic carbocycles. The topological polar surface area (TPSA) is 69.9 Å². The first-order valence-electron chi connectivity index (χ1n) is 21.5. The van der Waals surface area contributed by atoms with Crippen molar-refractivity contribution in [2.24, 2.45) is 0 Å². The lowest BCUT2D eigenvalue weighted by atomic mass is 9.99. The van der Waals surface area contributed by atoms with Crippen LogP contribution < -0.4 is 0 Å². The average molecular weight is 666 g/mol. The molecule has 0 saturated heterocycles. The molecule has 0 atom stereocenters. The van der Waals surface area contributed by atoms with Crippen LogP contribution in [0.4, 0.5) is 0 Å². The van der Waals surface area contributed by atoms with E-state index in [1.807, 2.05) is 95.6 Å². The fourth-order valence-corrected chi connectivity index (χ4v) is 6.82. The van der Waals surface area contributed by atoms with Gasteiger partial charge < -0.3 is 8.83 Å². The third-order valence-corrected chi connectivity index (χ3v) is 9.07. The van der Waals surface area contributed by atoms with Crippen molar-refractivity contribution in [1.29, 1.82) is 0 Å². The Hall–Kier alpha value is -7.05. The monoisotopic (exact) mass is 665 g/mol. The van der Waals surface area contributed by atoms with Crippen molar-refractivity contribution in [2.75, 3.05) is 0 Å². The van der Waals surface area contributed by atoms with Gasteiger partial charge in [-0.05, 0) is 53.5 Å². The van der Waals surface area contributed by atoms with Gasteiger partial charge in [0.25, 0.3) is 0 Å². The van der Waals surface area contributed by atoms with Crippen LogP contribution in [0.25, 0.3) is 106 Å². The van der Waals surface area contributed by atoms with E-state index in [1.165, 1.54) is 0 Å². The van der Waals surface area contributed by atoms with Gasteiger partial charge in [-0.25, -0.2) is 4.98 Å². The second-order valence-electron chi connectivity index (χ2n) is 12.0. The van der Waals surface area contributed by atoms with Crippen LogP contribution in [-0.4, -0.2) is 19.5 Å². The van der Waals surface area contributed by atoms with E-state index in [0.717, 1.165) is 38.2 Å². The van der Waals surface area contributed by atoms with Crippen LogP contribution in [0.1, 0.15) is 15.1 Å². The van der Waals surface area contributed by atoms with Crippen molar-refractivity contribution in [1.82, 2.24) is 19.5 Å². The van der Waals surface area contributed by atoms with Gasteiger partial charge in [-0.1, -0.05) is 115 Å². The quantitative estimate of drug-likeness (QED) is 0.187. The second-order valence-corrected chi connectivity index (χ2v) is 12.0. The van der Waals surface area contributed by atoms with Gasteiger partial charge in [-0.2, -0.15) is 9.97 Å². The lowest BCUT2D eigenvalue weighted by Crippen LogP contribution is -2.06. The molecule has 6 heteroatoms. The molecule has 0 unspecified atom stereocenters. The Labute approximate surface area is 306 Å². The van der Waals surface area contributed by atoms with Gasteiger partial charge in [0, 0.05) is 43.4 Å². The molecule has 0 aliphatic rings. The normalized spacial score (nSPS) is 14.9. The molecule has 0 amide bonds. The van der Waals surface area contributed by atoms with Crippen LogP contribution in [0.15, 0.2) is 166 Å². The molecule has 4 heterocycles. The van der Waals surface area contributed by atoms with E-state index in [4.69, 9.17) is 34.8 Å². The number of fused-ring (bicyclic) bond motifs is 9. The largest absolute Gasteiger partial charge is 0.456 e. The number of benzene rings is 7. The fourth-order valence-electron chi connectivity index (χ4n) is 6.82. The summed E-state index contributed by atoms with van der Waals surface area (Å²) in [6.45, 7) is 0. The summed E-state index contributed by atoms with van der Waals surface area (Å²) in [6.07, 6.45) is 0. The molecule has 0 radical (unpaired) electrons. The van der Waals surface area contributed by atoms with Crippen molar-refractivity contribution >= 4 is 65.7 Å². The van der Waals surface area contributed by atoms with E-state index in [1.54, 1.807) is 0 Å². The number of aromatic nitrogens is 4. The summed E-state index contributed by atoms with van der Waals surface area (Å²) in [5.74, 6) is 0.215. The summed E-state index contributed by atoms with van der Waals surface area (Å²) in [4.78, 5) is 14.7. The summed E-state index contributed by atoms with van der Waals surface area (Å²) in [5.41, 5.74) is 1.86. The van der Waals surface area contributed by atoms with Crippen molar-refractivity contribution in [3.05, 3.63) is 157 Å². The summed E-state index contributed by atoms with van der Waals surface area (Å²) in [6, 6.07) is 21.8. The van der Waals surface area contributed by atoms with E-state index in [9.17, 15) is 4.11 Å². The molecular formula is C45H26N4O2. The zero-order chi connectivity index (χ0) is 43.0. The van der Waals surface area contributed by atoms with Crippen molar-refractivity contribution < 1.29 is 23.9 Å². The van der Waals surface area contributed by atoms with Gasteiger partial charge in [0.2, 0.25) is 5.95 Å². The zero-order valence-corrected chi connectivity index (χ0v) is 26.3. The van der Waals surface area contributed by atoms with Crippen LogP contribution >= 0.6 is 0 Å². The van der Waals surface area contributed by atoms with Gasteiger partial charge in [0.15, 0.2) is 11.6 Å². The maximum Gasteiger partial charge on any atom is 0.238 e. The highest BCUT2D eigenvalue weighted by Gasteiger charge is 2.21. The lowest BCUT2D eigenvalue weighted by molar-refractivity contribution is 0.669. The van der Waals surface area contributed by atoms with Crippen molar-refractivity contribution in [3.8, 4) is 39.9 Å². The van der Waals surface area contributed by atoms with Gasteiger partial charge in [-0.3, -0.25) is 4.57 Å². The first kappa shape index (κ1) is 19.2.